The molecule has 1 aromatic carbocycles. The molecule has 0 radical (unpaired) electrons. The molecule has 16 heavy (non-hydrogen) atoms. The van der Waals surface area contributed by atoms with Crippen molar-refractivity contribution in [1.29, 1.82) is 0 Å². The van der Waals surface area contributed by atoms with E-state index in [1.807, 2.05) is 0 Å². The second-order valence-corrected chi connectivity index (χ2v) is 3.97. The van der Waals surface area contributed by atoms with Crippen molar-refractivity contribution in [3.8, 4) is 0 Å². The van der Waals surface area contributed by atoms with Crippen LogP contribution in [0.5, 0.6) is 0 Å². The van der Waals surface area contributed by atoms with Gasteiger partial charge < -0.3 is 4.74 Å². The smallest absolute Gasteiger partial charge is 0.341 e. The van der Waals surface area contributed by atoms with Gasteiger partial charge in [-0.05, 0) is 24.5 Å². The molecule has 0 saturated heterocycles. The molecule has 1 aliphatic carbocycles. The summed E-state index contributed by atoms with van der Waals surface area (Å²) in [6.07, 6.45) is 3.15. The van der Waals surface area contributed by atoms with Gasteiger partial charge in [0.15, 0.2) is 11.6 Å². The molecular weight excluding hydrogens is 214 g/mol. The Hall–Kier alpha value is -1.45. The summed E-state index contributed by atoms with van der Waals surface area (Å²) in [7, 11) is 0. The Bertz CT molecular complexity index is 400. The number of carbonyl (C=O) groups is 1. The molecule has 0 aromatic heterocycles. The minimum absolute atomic E-state index is 0.277. The van der Waals surface area contributed by atoms with Crippen LogP contribution in [0.15, 0.2) is 18.2 Å². The molecule has 1 aromatic rings. The first-order valence-corrected chi connectivity index (χ1v) is 5.29. The molecule has 0 spiro atoms. The molecule has 1 aliphatic rings. The molecule has 0 amide bonds. The third-order valence-corrected chi connectivity index (χ3v) is 2.63. The summed E-state index contributed by atoms with van der Waals surface area (Å²) in [5.74, 6) is -2.32. The fourth-order valence-electron chi connectivity index (χ4n) is 1.46. The summed E-state index contributed by atoms with van der Waals surface area (Å²) in [5, 5.41) is 0. The van der Waals surface area contributed by atoms with Crippen LogP contribution in [0.4, 0.5) is 8.78 Å². The van der Waals surface area contributed by atoms with Crippen LogP contribution in [-0.2, 0) is 4.74 Å². The van der Waals surface area contributed by atoms with E-state index in [0.717, 1.165) is 12.5 Å². The first-order valence-electron chi connectivity index (χ1n) is 5.29. The van der Waals surface area contributed by atoms with E-state index in [1.165, 1.54) is 25.0 Å². The highest BCUT2D eigenvalue weighted by atomic mass is 19.2. The molecule has 1 saturated carbocycles. The molecule has 86 valence electrons. The second kappa shape index (κ2) is 4.60. The van der Waals surface area contributed by atoms with Crippen LogP contribution < -0.4 is 0 Å². The number of esters is 1. The number of hydrogen-bond donors (Lipinski definition) is 0. The Kier molecular flexibility index (Phi) is 3.17. The summed E-state index contributed by atoms with van der Waals surface area (Å²) in [4.78, 5) is 11.4. The maximum absolute atomic E-state index is 13.2. The molecule has 0 N–H and O–H groups in total. The summed E-state index contributed by atoms with van der Waals surface area (Å²) < 4.78 is 30.9. The Morgan fingerprint density at radius 2 is 2.12 bits per heavy atom. The molecule has 0 bridgehead atoms. The topological polar surface area (TPSA) is 26.3 Å². The average molecular weight is 226 g/mol. The van der Waals surface area contributed by atoms with Gasteiger partial charge in [-0.25, -0.2) is 13.6 Å². The number of halogens is 2. The largest absolute Gasteiger partial charge is 0.462 e. The third kappa shape index (κ3) is 2.56. The lowest BCUT2D eigenvalue weighted by Crippen LogP contribution is -2.09. The zero-order valence-electron chi connectivity index (χ0n) is 8.71. The van der Waals surface area contributed by atoms with E-state index in [9.17, 15) is 13.6 Å². The van der Waals surface area contributed by atoms with Crippen molar-refractivity contribution in [3.63, 3.8) is 0 Å². The van der Waals surface area contributed by atoms with Gasteiger partial charge in [0.25, 0.3) is 0 Å². The van der Waals surface area contributed by atoms with E-state index in [0.29, 0.717) is 5.92 Å². The first-order chi connectivity index (χ1) is 7.68. The van der Waals surface area contributed by atoms with Gasteiger partial charge in [-0.2, -0.15) is 0 Å². The van der Waals surface area contributed by atoms with Crippen LogP contribution in [0.25, 0.3) is 0 Å². The summed E-state index contributed by atoms with van der Waals surface area (Å²) in [5.41, 5.74) is -0.337. The maximum Gasteiger partial charge on any atom is 0.341 e. The molecule has 0 heterocycles. The lowest BCUT2D eigenvalue weighted by atomic mass is 10.2. The van der Waals surface area contributed by atoms with E-state index < -0.39 is 17.6 Å². The predicted molar refractivity (Wildman–Crippen MR) is 54.0 cm³/mol. The fraction of sp³-hybridized carbons (Fsp3) is 0.417. The highest BCUT2D eigenvalue weighted by Crippen LogP contribution is 2.32. The van der Waals surface area contributed by atoms with Gasteiger partial charge in [-0.15, -0.1) is 0 Å². The van der Waals surface area contributed by atoms with Gasteiger partial charge in [-0.1, -0.05) is 18.9 Å². The summed E-state index contributed by atoms with van der Waals surface area (Å²) in [6, 6.07) is 3.48. The first kappa shape index (κ1) is 11.0. The Morgan fingerprint density at radius 3 is 2.81 bits per heavy atom. The van der Waals surface area contributed by atoms with Crippen LogP contribution in [-0.4, -0.2) is 12.6 Å². The number of benzene rings is 1. The van der Waals surface area contributed by atoms with Crippen molar-refractivity contribution >= 4 is 5.97 Å². The highest BCUT2D eigenvalue weighted by molar-refractivity contribution is 5.89. The predicted octanol–water partition coefficient (Wildman–Crippen LogP) is 2.92. The van der Waals surface area contributed by atoms with Crippen molar-refractivity contribution in [2.75, 3.05) is 6.61 Å². The maximum atomic E-state index is 13.2. The van der Waals surface area contributed by atoms with E-state index in [-0.39, 0.29) is 12.2 Å². The zero-order chi connectivity index (χ0) is 11.5. The van der Waals surface area contributed by atoms with Gasteiger partial charge in [0.1, 0.15) is 0 Å². The number of ether oxygens (including phenoxy) is 1. The molecule has 2 nitrogen and oxygen atoms in total. The van der Waals surface area contributed by atoms with Gasteiger partial charge in [0.2, 0.25) is 0 Å². The molecule has 2 rings (SSSR count). The van der Waals surface area contributed by atoms with Crippen molar-refractivity contribution in [2.24, 2.45) is 5.92 Å². The molecule has 0 unspecified atom stereocenters. The molecule has 0 atom stereocenters. The van der Waals surface area contributed by atoms with Crippen molar-refractivity contribution < 1.29 is 18.3 Å². The van der Waals surface area contributed by atoms with Crippen LogP contribution >= 0.6 is 0 Å². The van der Waals surface area contributed by atoms with Crippen molar-refractivity contribution in [3.05, 3.63) is 35.4 Å². The molecular formula is C12H12F2O2. The molecule has 4 heteroatoms. The van der Waals surface area contributed by atoms with E-state index in [2.05, 4.69) is 0 Å². The normalized spacial score (nSPS) is 14.9. The summed E-state index contributed by atoms with van der Waals surface area (Å²) >= 11 is 0. The van der Waals surface area contributed by atoms with Gasteiger partial charge in [-0.3, -0.25) is 0 Å². The Balaban J connectivity index is 1.93. The van der Waals surface area contributed by atoms with Gasteiger partial charge in [0, 0.05) is 0 Å². The van der Waals surface area contributed by atoms with E-state index in [4.69, 9.17) is 4.74 Å². The van der Waals surface area contributed by atoms with Gasteiger partial charge >= 0.3 is 5.97 Å². The molecule has 0 aliphatic heterocycles. The third-order valence-electron chi connectivity index (χ3n) is 2.63. The highest BCUT2D eigenvalue weighted by Gasteiger charge is 2.22. The Labute approximate surface area is 92.2 Å². The lowest BCUT2D eigenvalue weighted by Gasteiger charge is -2.05. The van der Waals surface area contributed by atoms with Crippen molar-refractivity contribution in [1.82, 2.24) is 0 Å². The second-order valence-electron chi connectivity index (χ2n) is 3.97. The van der Waals surface area contributed by atoms with Crippen LogP contribution in [0.3, 0.4) is 0 Å². The van der Waals surface area contributed by atoms with Crippen LogP contribution in [0, 0.1) is 17.6 Å². The lowest BCUT2D eigenvalue weighted by molar-refractivity contribution is 0.0488. The quantitative estimate of drug-likeness (QED) is 0.738. The number of carbonyl (C=O) groups excluding carboxylic acids is 1. The Morgan fingerprint density at radius 1 is 1.38 bits per heavy atom. The number of hydrogen-bond acceptors (Lipinski definition) is 2. The standard InChI is InChI=1S/C12H12F2O2/c13-10-3-1-2-9(11(10)14)12(15)16-7-6-8-4-5-8/h1-3,8H,4-7H2. The average Bonchev–Trinajstić information content (AvgIpc) is 3.06. The van der Waals surface area contributed by atoms with Crippen LogP contribution in [0.1, 0.15) is 29.6 Å². The SMILES string of the molecule is O=C(OCCC1CC1)c1cccc(F)c1F. The van der Waals surface area contributed by atoms with E-state index >= 15 is 0 Å². The van der Waals surface area contributed by atoms with Crippen LogP contribution in [0.2, 0.25) is 0 Å². The minimum Gasteiger partial charge on any atom is -0.462 e. The minimum atomic E-state index is -1.14. The zero-order valence-corrected chi connectivity index (χ0v) is 8.71. The van der Waals surface area contributed by atoms with Crippen molar-refractivity contribution in [2.45, 2.75) is 19.3 Å². The van der Waals surface area contributed by atoms with Gasteiger partial charge in [0.05, 0.1) is 12.2 Å². The van der Waals surface area contributed by atoms with E-state index in [1.54, 1.807) is 0 Å². The number of rotatable bonds is 4. The fourth-order valence-corrected chi connectivity index (χ4v) is 1.46. The summed E-state index contributed by atoms with van der Waals surface area (Å²) in [6.45, 7) is 0.277. The molecule has 1 fully saturated rings. The monoisotopic (exact) mass is 226 g/mol.